The van der Waals surface area contributed by atoms with Crippen molar-refractivity contribution in [1.82, 2.24) is 9.38 Å². The van der Waals surface area contributed by atoms with E-state index in [9.17, 15) is 4.79 Å². The molecule has 0 unspecified atom stereocenters. The molecule has 2 heterocycles. The van der Waals surface area contributed by atoms with Gasteiger partial charge < -0.3 is 14.8 Å². The molecule has 0 aliphatic rings. The summed E-state index contributed by atoms with van der Waals surface area (Å²) in [7, 11) is 3.14. The molecule has 1 aromatic carbocycles. The van der Waals surface area contributed by atoms with Crippen LogP contribution in [-0.2, 0) is 6.42 Å². The van der Waals surface area contributed by atoms with Crippen molar-refractivity contribution >= 4 is 17.2 Å². The zero-order chi connectivity index (χ0) is 18.0. The van der Waals surface area contributed by atoms with E-state index in [4.69, 9.17) is 9.47 Å². The van der Waals surface area contributed by atoms with Crippen molar-refractivity contribution in [3.8, 4) is 11.5 Å². The second kappa shape index (κ2) is 6.84. The molecule has 0 bridgehead atoms. The summed E-state index contributed by atoms with van der Waals surface area (Å²) in [5.41, 5.74) is 3.71. The fourth-order valence-electron chi connectivity index (χ4n) is 2.82. The van der Waals surface area contributed by atoms with Crippen LogP contribution in [0.2, 0.25) is 0 Å². The summed E-state index contributed by atoms with van der Waals surface area (Å²) in [5, 5.41) is 2.92. The number of amides is 1. The third-order valence-electron chi connectivity index (χ3n) is 4.12. The largest absolute Gasteiger partial charge is 0.497 e. The van der Waals surface area contributed by atoms with Crippen LogP contribution < -0.4 is 14.8 Å². The maximum atomic E-state index is 12.9. The summed E-state index contributed by atoms with van der Waals surface area (Å²) < 4.78 is 12.4. The van der Waals surface area contributed by atoms with Crippen molar-refractivity contribution < 1.29 is 14.3 Å². The van der Waals surface area contributed by atoms with Crippen LogP contribution in [0.25, 0.3) is 5.65 Å². The lowest BCUT2D eigenvalue weighted by atomic mass is 10.2. The van der Waals surface area contributed by atoms with Crippen LogP contribution in [0.5, 0.6) is 11.5 Å². The van der Waals surface area contributed by atoms with Crippen LogP contribution in [-0.4, -0.2) is 29.5 Å². The molecular formula is C19H21N3O3. The number of carbonyl (C=O) groups is 1. The number of hydrogen-bond donors (Lipinski definition) is 1. The number of pyridine rings is 1. The van der Waals surface area contributed by atoms with Crippen LogP contribution in [0.3, 0.4) is 0 Å². The van der Waals surface area contributed by atoms with E-state index in [-0.39, 0.29) is 5.91 Å². The molecule has 0 saturated carbocycles. The van der Waals surface area contributed by atoms with E-state index in [0.717, 1.165) is 16.9 Å². The van der Waals surface area contributed by atoms with Gasteiger partial charge in [-0.25, -0.2) is 4.98 Å². The van der Waals surface area contributed by atoms with Crippen molar-refractivity contribution in [3.63, 3.8) is 0 Å². The maximum Gasteiger partial charge on any atom is 0.274 e. The fourth-order valence-corrected chi connectivity index (χ4v) is 2.82. The standard InChI is InChI=1S/C19H21N3O3/c1-5-14-17(22-10-6-7-12(2)18(22)20-14)19(23)21-15-9-8-13(24-3)11-16(15)25-4/h6-11H,5H2,1-4H3,(H,21,23). The number of imidazole rings is 1. The summed E-state index contributed by atoms with van der Waals surface area (Å²) in [6.07, 6.45) is 2.53. The van der Waals surface area contributed by atoms with Crippen molar-refractivity contribution in [2.24, 2.45) is 0 Å². The van der Waals surface area contributed by atoms with Gasteiger partial charge in [0.25, 0.3) is 5.91 Å². The number of methoxy groups -OCH3 is 2. The van der Waals surface area contributed by atoms with E-state index < -0.39 is 0 Å². The number of fused-ring (bicyclic) bond motifs is 1. The van der Waals surface area contributed by atoms with Crippen LogP contribution >= 0.6 is 0 Å². The number of nitrogens with one attached hydrogen (secondary N) is 1. The first-order valence-corrected chi connectivity index (χ1v) is 8.09. The Kier molecular flexibility index (Phi) is 4.61. The van der Waals surface area contributed by atoms with Gasteiger partial charge >= 0.3 is 0 Å². The minimum Gasteiger partial charge on any atom is -0.497 e. The van der Waals surface area contributed by atoms with Gasteiger partial charge in [-0.1, -0.05) is 13.0 Å². The van der Waals surface area contributed by atoms with E-state index in [1.807, 2.05) is 36.6 Å². The molecule has 0 aliphatic carbocycles. The maximum absolute atomic E-state index is 12.9. The first-order chi connectivity index (χ1) is 12.1. The highest BCUT2D eigenvalue weighted by Crippen LogP contribution is 2.29. The SMILES string of the molecule is CCc1nc2c(C)cccn2c1C(=O)Nc1ccc(OC)cc1OC. The van der Waals surface area contributed by atoms with Gasteiger partial charge in [-0.05, 0) is 37.1 Å². The Morgan fingerprint density at radius 1 is 1.24 bits per heavy atom. The minimum atomic E-state index is -0.224. The Bertz CT molecular complexity index is 931. The van der Waals surface area contributed by atoms with E-state index in [0.29, 0.717) is 29.3 Å². The van der Waals surface area contributed by atoms with Crippen LogP contribution in [0.15, 0.2) is 36.5 Å². The molecule has 6 heteroatoms. The number of aromatic nitrogens is 2. The van der Waals surface area contributed by atoms with E-state index >= 15 is 0 Å². The van der Waals surface area contributed by atoms with Gasteiger partial charge in [0.1, 0.15) is 22.8 Å². The summed E-state index contributed by atoms with van der Waals surface area (Å²) in [6.45, 7) is 3.97. The molecule has 0 radical (unpaired) electrons. The molecule has 3 rings (SSSR count). The third-order valence-corrected chi connectivity index (χ3v) is 4.12. The Morgan fingerprint density at radius 3 is 2.72 bits per heavy atom. The Morgan fingerprint density at radius 2 is 2.04 bits per heavy atom. The topological polar surface area (TPSA) is 64.9 Å². The summed E-state index contributed by atoms with van der Waals surface area (Å²) in [5.74, 6) is 0.976. The molecule has 0 saturated heterocycles. The molecule has 0 fully saturated rings. The van der Waals surface area contributed by atoms with E-state index in [1.54, 1.807) is 32.4 Å². The fraction of sp³-hybridized carbons (Fsp3) is 0.263. The molecule has 1 N–H and O–H groups in total. The average molecular weight is 339 g/mol. The average Bonchev–Trinajstić information content (AvgIpc) is 3.02. The highest BCUT2D eigenvalue weighted by molar-refractivity contribution is 6.05. The zero-order valence-corrected chi connectivity index (χ0v) is 14.8. The van der Waals surface area contributed by atoms with Crippen LogP contribution in [0, 0.1) is 6.92 Å². The Labute approximate surface area is 146 Å². The van der Waals surface area contributed by atoms with Gasteiger partial charge in [-0.15, -0.1) is 0 Å². The minimum absolute atomic E-state index is 0.224. The van der Waals surface area contributed by atoms with E-state index in [1.165, 1.54) is 0 Å². The number of aryl methyl sites for hydroxylation is 2. The summed E-state index contributed by atoms with van der Waals surface area (Å²) in [4.78, 5) is 17.6. The molecule has 25 heavy (non-hydrogen) atoms. The smallest absolute Gasteiger partial charge is 0.274 e. The molecular weight excluding hydrogens is 318 g/mol. The number of ether oxygens (including phenoxy) is 2. The monoisotopic (exact) mass is 339 g/mol. The lowest BCUT2D eigenvalue weighted by Gasteiger charge is -2.12. The van der Waals surface area contributed by atoms with Crippen LogP contribution in [0.4, 0.5) is 5.69 Å². The second-order valence-electron chi connectivity index (χ2n) is 5.67. The van der Waals surface area contributed by atoms with Crippen molar-refractivity contribution in [3.05, 3.63) is 53.5 Å². The number of benzene rings is 1. The first kappa shape index (κ1) is 16.8. The van der Waals surface area contributed by atoms with Gasteiger partial charge in [0.2, 0.25) is 0 Å². The molecule has 2 aromatic heterocycles. The van der Waals surface area contributed by atoms with E-state index in [2.05, 4.69) is 10.3 Å². The molecule has 1 amide bonds. The number of nitrogens with zero attached hydrogens (tertiary/aromatic N) is 2. The zero-order valence-electron chi connectivity index (χ0n) is 14.8. The van der Waals surface area contributed by atoms with Gasteiger partial charge in [0, 0.05) is 12.3 Å². The van der Waals surface area contributed by atoms with Crippen LogP contribution in [0.1, 0.15) is 28.7 Å². The molecule has 0 aliphatic heterocycles. The number of carbonyl (C=O) groups excluding carboxylic acids is 1. The van der Waals surface area contributed by atoms with Gasteiger partial charge in [0.15, 0.2) is 0 Å². The highest BCUT2D eigenvalue weighted by atomic mass is 16.5. The molecule has 130 valence electrons. The number of hydrogen-bond acceptors (Lipinski definition) is 4. The molecule has 3 aromatic rings. The van der Waals surface area contributed by atoms with Gasteiger partial charge in [0.05, 0.1) is 25.6 Å². The Balaban J connectivity index is 2.02. The molecule has 6 nitrogen and oxygen atoms in total. The summed E-state index contributed by atoms with van der Waals surface area (Å²) in [6, 6.07) is 9.16. The molecule has 0 spiro atoms. The van der Waals surface area contributed by atoms with Gasteiger partial charge in [-0.2, -0.15) is 0 Å². The second-order valence-corrected chi connectivity index (χ2v) is 5.67. The van der Waals surface area contributed by atoms with Gasteiger partial charge in [-0.3, -0.25) is 9.20 Å². The normalized spacial score (nSPS) is 10.7. The highest BCUT2D eigenvalue weighted by Gasteiger charge is 2.20. The van der Waals surface area contributed by atoms with Crippen molar-refractivity contribution in [2.45, 2.75) is 20.3 Å². The number of rotatable bonds is 5. The third kappa shape index (κ3) is 3.03. The predicted octanol–water partition coefficient (Wildman–Crippen LogP) is 3.47. The predicted molar refractivity (Wildman–Crippen MR) is 96.8 cm³/mol. The Hall–Kier alpha value is -3.02. The van der Waals surface area contributed by atoms with Crippen molar-refractivity contribution in [2.75, 3.05) is 19.5 Å². The summed E-state index contributed by atoms with van der Waals surface area (Å²) >= 11 is 0. The molecule has 0 atom stereocenters. The van der Waals surface area contributed by atoms with Crippen molar-refractivity contribution in [1.29, 1.82) is 0 Å². The first-order valence-electron chi connectivity index (χ1n) is 8.09. The quantitative estimate of drug-likeness (QED) is 0.773. The number of anilines is 1. The lowest BCUT2D eigenvalue weighted by molar-refractivity contribution is 0.102. The lowest BCUT2D eigenvalue weighted by Crippen LogP contribution is -2.17.